The van der Waals surface area contributed by atoms with E-state index in [-0.39, 0.29) is 11.0 Å². The van der Waals surface area contributed by atoms with Gasteiger partial charge in [0.25, 0.3) is 0 Å². The van der Waals surface area contributed by atoms with E-state index < -0.39 is 5.97 Å². The highest BCUT2D eigenvalue weighted by atomic mass is 16.5. The number of nitrogens with zero attached hydrogens (tertiary/aromatic N) is 2. The summed E-state index contributed by atoms with van der Waals surface area (Å²) in [6.07, 6.45) is 1.43. The number of hydrogen-bond donors (Lipinski definition) is 2. The summed E-state index contributed by atoms with van der Waals surface area (Å²) in [7, 11) is 0. The zero-order valence-electron chi connectivity index (χ0n) is 19.2. The van der Waals surface area contributed by atoms with Gasteiger partial charge in [0.2, 0.25) is 0 Å². The van der Waals surface area contributed by atoms with E-state index in [2.05, 4.69) is 42.3 Å². The third-order valence-corrected chi connectivity index (χ3v) is 5.82. The maximum Gasteiger partial charge on any atom is 0.339 e. The molecule has 0 atom stereocenters. The van der Waals surface area contributed by atoms with Crippen molar-refractivity contribution in [3.8, 4) is 11.1 Å². The van der Waals surface area contributed by atoms with Gasteiger partial charge in [-0.25, -0.2) is 4.79 Å². The molecular formula is C26H27N3O3. The molecule has 0 saturated heterocycles. The van der Waals surface area contributed by atoms with E-state index in [0.29, 0.717) is 5.69 Å². The maximum atomic E-state index is 12.1. The van der Waals surface area contributed by atoms with Crippen LogP contribution in [0.4, 0.5) is 11.4 Å². The minimum atomic E-state index is -1.03. The van der Waals surface area contributed by atoms with E-state index in [1.54, 1.807) is 0 Å². The number of carboxylic acids is 1. The van der Waals surface area contributed by atoms with Crippen LogP contribution >= 0.6 is 0 Å². The Hall–Kier alpha value is -3.67. The normalized spacial score (nSPS) is 11.7. The summed E-state index contributed by atoms with van der Waals surface area (Å²) in [6.45, 7) is 12.2. The van der Waals surface area contributed by atoms with Gasteiger partial charge in [-0.3, -0.25) is 4.98 Å². The molecule has 0 aliphatic heterocycles. The van der Waals surface area contributed by atoms with Crippen molar-refractivity contribution in [3.05, 3.63) is 70.7 Å². The van der Waals surface area contributed by atoms with Gasteiger partial charge in [0.1, 0.15) is 11.3 Å². The number of carboxylic acid groups (broad SMARTS) is 1. The second-order valence-corrected chi connectivity index (χ2v) is 9.11. The molecule has 4 rings (SSSR count). The van der Waals surface area contributed by atoms with Gasteiger partial charge in [0, 0.05) is 22.8 Å². The summed E-state index contributed by atoms with van der Waals surface area (Å²) in [5.74, 6) is -0.285. The van der Waals surface area contributed by atoms with Crippen LogP contribution in [0.3, 0.4) is 0 Å². The lowest BCUT2D eigenvalue weighted by Gasteiger charge is -2.24. The van der Waals surface area contributed by atoms with Crippen molar-refractivity contribution in [3.63, 3.8) is 0 Å². The summed E-state index contributed by atoms with van der Waals surface area (Å²) >= 11 is 0. The van der Waals surface area contributed by atoms with Gasteiger partial charge in [0.05, 0.1) is 16.9 Å². The molecule has 0 aliphatic carbocycles. The van der Waals surface area contributed by atoms with Gasteiger partial charge in [-0.05, 0) is 48.9 Å². The minimum absolute atomic E-state index is 0.109. The molecular weight excluding hydrogens is 402 g/mol. The van der Waals surface area contributed by atoms with Crippen LogP contribution in [-0.4, -0.2) is 21.2 Å². The monoisotopic (exact) mass is 429 g/mol. The van der Waals surface area contributed by atoms with Crippen LogP contribution in [0.15, 0.2) is 47.1 Å². The number of aromatic nitrogens is 2. The highest BCUT2D eigenvalue weighted by Crippen LogP contribution is 2.38. The van der Waals surface area contributed by atoms with E-state index >= 15 is 0 Å². The molecule has 0 unspecified atom stereocenters. The number of aryl methyl sites for hydroxylation is 3. The summed E-state index contributed by atoms with van der Waals surface area (Å²) in [5, 5.41) is 18.1. The van der Waals surface area contributed by atoms with E-state index in [4.69, 9.17) is 4.52 Å². The quantitative estimate of drug-likeness (QED) is 0.382. The second-order valence-electron chi connectivity index (χ2n) is 9.11. The summed E-state index contributed by atoms with van der Waals surface area (Å²) < 4.78 is 5.35. The first-order valence-corrected chi connectivity index (χ1v) is 10.5. The van der Waals surface area contributed by atoms with E-state index in [1.165, 1.54) is 6.20 Å². The predicted octanol–water partition coefficient (Wildman–Crippen LogP) is 6.55. The third-order valence-electron chi connectivity index (χ3n) is 5.82. The zero-order chi connectivity index (χ0) is 23.2. The fourth-order valence-corrected chi connectivity index (χ4v) is 4.22. The van der Waals surface area contributed by atoms with Crippen molar-refractivity contribution in [2.24, 2.45) is 0 Å². The van der Waals surface area contributed by atoms with Crippen LogP contribution in [0.1, 0.15) is 53.7 Å². The Morgan fingerprint density at radius 3 is 2.41 bits per heavy atom. The number of anilines is 2. The first-order chi connectivity index (χ1) is 15.1. The van der Waals surface area contributed by atoms with Crippen molar-refractivity contribution in [1.82, 2.24) is 10.1 Å². The zero-order valence-corrected chi connectivity index (χ0v) is 19.2. The van der Waals surface area contributed by atoms with Crippen LogP contribution in [0.2, 0.25) is 0 Å². The summed E-state index contributed by atoms with van der Waals surface area (Å²) in [5.41, 5.74) is 6.95. The molecule has 0 saturated carbocycles. The Balaban J connectivity index is 1.96. The van der Waals surface area contributed by atoms with E-state index in [0.717, 1.165) is 50.3 Å². The average molecular weight is 430 g/mol. The van der Waals surface area contributed by atoms with Crippen LogP contribution in [-0.2, 0) is 5.41 Å². The molecule has 32 heavy (non-hydrogen) atoms. The lowest BCUT2D eigenvalue weighted by Crippen LogP contribution is -2.14. The Morgan fingerprint density at radius 1 is 1.06 bits per heavy atom. The molecule has 6 nitrogen and oxygen atoms in total. The minimum Gasteiger partial charge on any atom is -0.478 e. The smallest absolute Gasteiger partial charge is 0.339 e. The molecule has 2 aromatic carbocycles. The number of carbonyl (C=O) groups is 1. The fourth-order valence-electron chi connectivity index (χ4n) is 4.22. The molecule has 4 aromatic rings. The number of hydrogen-bond acceptors (Lipinski definition) is 5. The lowest BCUT2D eigenvalue weighted by molar-refractivity contribution is 0.0697. The first kappa shape index (κ1) is 21.6. The number of aromatic carboxylic acids is 1. The van der Waals surface area contributed by atoms with Gasteiger partial charge in [0.15, 0.2) is 0 Å². The van der Waals surface area contributed by atoms with Crippen molar-refractivity contribution >= 4 is 28.2 Å². The number of nitrogens with one attached hydrogen (secondary N) is 1. The van der Waals surface area contributed by atoms with Gasteiger partial charge >= 0.3 is 5.97 Å². The SMILES string of the molecule is Cc1noc(C)c1-c1ccc2c(Nc3ccccc3C(C)(C)C)c(C(=O)O)cnc2c1C. The number of fused-ring (bicyclic) bond motifs is 1. The maximum absolute atomic E-state index is 12.1. The van der Waals surface area contributed by atoms with E-state index in [1.807, 2.05) is 51.1 Å². The average Bonchev–Trinajstić information content (AvgIpc) is 3.06. The van der Waals surface area contributed by atoms with Crippen LogP contribution < -0.4 is 5.32 Å². The molecule has 0 aliphatic rings. The van der Waals surface area contributed by atoms with Crippen molar-refractivity contribution in [1.29, 1.82) is 0 Å². The third kappa shape index (κ3) is 3.62. The summed E-state index contributed by atoms with van der Waals surface area (Å²) in [6, 6.07) is 11.9. The standard InChI is InChI=1S/C26H27N3O3/c1-14-17(22-15(2)29-32-16(22)3)11-12-18-23(14)27-13-19(25(30)31)24(18)28-21-10-8-7-9-20(21)26(4,5)6/h7-13H,1-6H3,(H,27,28)(H,30,31). The van der Waals surface area contributed by atoms with E-state index in [9.17, 15) is 9.90 Å². The highest BCUT2D eigenvalue weighted by molar-refractivity contribution is 6.07. The second kappa shape index (κ2) is 7.79. The molecule has 0 amide bonds. The van der Waals surface area contributed by atoms with Gasteiger partial charge < -0.3 is 14.9 Å². The molecule has 164 valence electrons. The number of para-hydroxylation sites is 1. The highest BCUT2D eigenvalue weighted by Gasteiger charge is 2.22. The van der Waals surface area contributed by atoms with Gasteiger partial charge in [-0.2, -0.15) is 0 Å². The Bertz CT molecular complexity index is 1330. The number of benzene rings is 2. The van der Waals surface area contributed by atoms with Crippen LogP contribution in [0, 0.1) is 20.8 Å². The van der Waals surface area contributed by atoms with Crippen molar-refractivity contribution in [2.75, 3.05) is 5.32 Å². The van der Waals surface area contributed by atoms with Crippen molar-refractivity contribution < 1.29 is 14.4 Å². The largest absolute Gasteiger partial charge is 0.478 e. The lowest BCUT2D eigenvalue weighted by atomic mass is 9.85. The molecule has 2 N–H and O–H groups in total. The molecule has 0 spiro atoms. The molecule has 2 aromatic heterocycles. The van der Waals surface area contributed by atoms with Crippen LogP contribution in [0.25, 0.3) is 22.0 Å². The molecule has 0 bridgehead atoms. The topological polar surface area (TPSA) is 88.2 Å². The van der Waals surface area contributed by atoms with Gasteiger partial charge in [-0.1, -0.05) is 56.3 Å². The Kier molecular flexibility index (Phi) is 5.25. The van der Waals surface area contributed by atoms with Crippen LogP contribution in [0.5, 0.6) is 0 Å². The van der Waals surface area contributed by atoms with Gasteiger partial charge in [-0.15, -0.1) is 0 Å². The molecule has 6 heteroatoms. The summed E-state index contributed by atoms with van der Waals surface area (Å²) in [4.78, 5) is 16.6. The Morgan fingerprint density at radius 2 is 1.78 bits per heavy atom. The fraction of sp³-hybridized carbons (Fsp3) is 0.269. The molecule has 0 radical (unpaired) electrons. The number of rotatable bonds is 4. The van der Waals surface area contributed by atoms with Crippen molar-refractivity contribution in [2.45, 2.75) is 47.0 Å². The molecule has 0 fully saturated rings. The number of pyridine rings is 1. The molecule has 2 heterocycles. The first-order valence-electron chi connectivity index (χ1n) is 10.5. The Labute approximate surface area is 187 Å². The predicted molar refractivity (Wildman–Crippen MR) is 127 cm³/mol.